The molecule has 5 nitrogen and oxygen atoms in total. The van der Waals surface area contributed by atoms with E-state index in [0.717, 1.165) is 21.4 Å². The molecule has 0 spiro atoms. The SMILES string of the molecule is Cc1nn(Cc2ccnc(C(=N)N)c2)c(C)c1Br. The van der Waals surface area contributed by atoms with Gasteiger partial charge in [-0.25, -0.2) is 0 Å². The maximum Gasteiger partial charge on any atom is 0.141 e. The average molecular weight is 308 g/mol. The third-order valence-corrected chi connectivity index (χ3v) is 3.87. The van der Waals surface area contributed by atoms with Crippen LogP contribution in [0.3, 0.4) is 0 Å². The number of rotatable bonds is 3. The average Bonchev–Trinajstić information content (AvgIpc) is 2.57. The molecule has 0 aliphatic rings. The lowest BCUT2D eigenvalue weighted by Crippen LogP contribution is -2.14. The van der Waals surface area contributed by atoms with E-state index in [9.17, 15) is 0 Å². The van der Waals surface area contributed by atoms with Gasteiger partial charge >= 0.3 is 0 Å². The minimum Gasteiger partial charge on any atom is -0.382 e. The Morgan fingerprint density at radius 2 is 2.22 bits per heavy atom. The Bertz CT molecular complexity index is 603. The molecule has 3 N–H and O–H groups in total. The monoisotopic (exact) mass is 307 g/mol. The number of amidine groups is 1. The molecule has 2 heterocycles. The summed E-state index contributed by atoms with van der Waals surface area (Å²) in [5, 5.41) is 11.8. The second kappa shape index (κ2) is 4.89. The first-order valence-corrected chi connectivity index (χ1v) is 6.27. The van der Waals surface area contributed by atoms with Crippen LogP contribution in [0.2, 0.25) is 0 Å². The normalized spacial score (nSPS) is 10.6. The van der Waals surface area contributed by atoms with E-state index in [1.807, 2.05) is 30.7 Å². The van der Waals surface area contributed by atoms with Crippen LogP contribution in [0, 0.1) is 19.3 Å². The second-order valence-corrected chi connectivity index (χ2v) is 4.90. The molecule has 0 aliphatic heterocycles. The van der Waals surface area contributed by atoms with Gasteiger partial charge in [0.25, 0.3) is 0 Å². The van der Waals surface area contributed by atoms with Crippen molar-refractivity contribution < 1.29 is 0 Å². The molecule has 0 bridgehead atoms. The van der Waals surface area contributed by atoms with Crippen molar-refractivity contribution in [1.29, 1.82) is 5.41 Å². The van der Waals surface area contributed by atoms with Gasteiger partial charge in [-0.1, -0.05) is 0 Å². The van der Waals surface area contributed by atoms with Crippen molar-refractivity contribution in [3.05, 3.63) is 45.4 Å². The molecule has 18 heavy (non-hydrogen) atoms. The Morgan fingerprint density at radius 1 is 1.50 bits per heavy atom. The zero-order chi connectivity index (χ0) is 13.3. The van der Waals surface area contributed by atoms with Crippen LogP contribution in [-0.4, -0.2) is 20.6 Å². The molecule has 6 heteroatoms. The molecule has 0 fully saturated rings. The van der Waals surface area contributed by atoms with Crippen molar-refractivity contribution in [2.45, 2.75) is 20.4 Å². The highest BCUT2D eigenvalue weighted by Crippen LogP contribution is 2.20. The van der Waals surface area contributed by atoms with Gasteiger partial charge in [0, 0.05) is 6.20 Å². The van der Waals surface area contributed by atoms with E-state index >= 15 is 0 Å². The van der Waals surface area contributed by atoms with Crippen LogP contribution in [0.1, 0.15) is 22.6 Å². The number of hydrogen-bond donors (Lipinski definition) is 2. The van der Waals surface area contributed by atoms with Crippen LogP contribution >= 0.6 is 15.9 Å². The minimum absolute atomic E-state index is 0.0219. The maximum absolute atomic E-state index is 7.38. The van der Waals surface area contributed by atoms with E-state index in [4.69, 9.17) is 11.1 Å². The minimum atomic E-state index is -0.0219. The van der Waals surface area contributed by atoms with Crippen molar-refractivity contribution in [3.63, 3.8) is 0 Å². The zero-order valence-corrected chi connectivity index (χ0v) is 11.8. The smallest absolute Gasteiger partial charge is 0.141 e. The first-order chi connectivity index (χ1) is 8.49. The zero-order valence-electron chi connectivity index (χ0n) is 10.2. The van der Waals surface area contributed by atoms with Gasteiger partial charge in [0.15, 0.2) is 0 Å². The van der Waals surface area contributed by atoms with Crippen molar-refractivity contribution in [2.75, 3.05) is 0 Å². The van der Waals surface area contributed by atoms with Crippen molar-refractivity contribution >= 4 is 21.8 Å². The first-order valence-electron chi connectivity index (χ1n) is 5.48. The molecule has 2 aromatic rings. The predicted molar refractivity (Wildman–Crippen MR) is 73.8 cm³/mol. The first kappa shape index (κ1) is 12.8. The maximum atomic E-state index is 7.38. The molecule has 0 atom stereocenters. The van der Waals surface area contributed by atoms with Gasteiger partial charge in [0.05, 0.1) is 22.4 Å². The highest BCUT2D eigenvalue weighted by atomic mass is 79.9. The summed E-state index contributed by atoms with van der Waals surface area (Å²) in [7, 11) is 0. The number of nitrogen functional groups attached to an aromatic ring is 1. The van der Waals surface area contributed by atoms with Crippen molar-refractivity contribution in [1.82, 2.24) is 14.8 Å². The van der Waals surface area contributed by atoms with Gasteiger partial charge in [0.2, 0.25) is 0 Å². The van der Waals surface area contributed by atoms with Crippen LogP contribution in [0.4, 0.5) is 0 Å². The largest absolute Gasteiger partial charge is 0.382 e. The van der Waals surface area contributed by atoms with Crippen LogP contribution in [0.25, 0.3) is 0 Å². The lowest BCUT2D eigenvalue weighted by Gasteiger charge is -2.06. The standard InChI is InChI=1S/C12H14BrN5/c1-7-11(13)8(2)18(17-7)6-9-3-4-16-10(5-9)12(14)15/h3-5H,6H2,1-2H3,(H3,14,15). The number of nitrogens with zero attached hydrogens (tertiary/aromatic N) is 3. The summed E-state index contributed by atoms with van der Waals surface area (Å²) < 4.78 is 2.95. The summed E-state index contributed by atoms with van der Waals surface area (Å²) >= 11 is 3.50. The van der Waals surface area contributed by atoms with Crippen molar-refractivity contribution in [3.8, 4) is 0 Å². The fourth-order valence-corrected chi connectivity index (χ4v) is 2.01. The summed E-state index contributed by atoms with van der Waals surface area (Å²) in [5.41, 5.74) is 8.98. The summed E-state index contributed by atoms with van der Waals surface area (Å²) in [6.45, 7) is 4.61. The number of aryl methyl sites for hydroxylation is 1. The van der Waals surface area contributed by atoms with Crippen molar-refractivity contribution in [2.24, 2.45) is 5.73 Å². The van der Waals surface area contributed by atoms with E-state index in [0.29, 0.717) is 12.2 Å². The third-order valence-electron chi connectivity index (χ3n) is 2.73. The van der Waals surface area contributed by atoms with Crippen LogP contribution in [0.15, 0.2) is 22.8 Å². The predicted octanol–water partition coefficient (Wildman–Crippen LogP) is 1.99. The number of halogens is 1. The summed E-state index contributed by atoms with van der Waals surface area (Å²) in [4.78, 5) is 4.04. The molecule has 2 rings (SSSR count). The molecule has 0 amide bonds. The van der Waals surface area contributed by atoms with Gasteiger partial charge < -0.3 is 5.73 Å². The topological polar surface area (TPSA) is 80.6 Å². The van der Waals surface area contributed by atoms with Crippen LogP contribution in [-0.2, 0) is 6.54 Å². The van der Waals surface area contributed by atoms with E-state index in [-0.39, 0.29) is 5.84 Å². The molecule has 2 aromatic heterocycles. The molecular formula is C12H14BrN5. The summed E-state index contributed by atoms with van der Waals surface area (Å²) in [6.07, 6.45) is 1.66. The molecule has 0 saturated carbocycles. The van der Waals surface area contributed by atoms with Gasteiger partial charge in [-0.3, -0.25) is 15.1 Å². The number of hydrogen-bond acceptors (Lipinski definition) is 3. The fourth-order valence-electron chi connectivity index (χ4n) is 1.72. The molecule has 94 valence electrons. The highest BCUT2D eigenvalue weighted by Gasteiger charge is 2.09. The Hall–Kier alpha value is -1.69. The highest BCUT2D eigenvalue weighted by molar-refractivity contribution is 9.10. The Kier molecular flexibility index (Phi) is 3.47. The van der Waals surface area contributed by atoms with Gasteiger partial charge in [-0.15, -0.1) is 0 Å². The summed E-state index contributed by atoms with van der Waals surface area (Å²) in [5.74, 6) is -0.0219. The fraction of sp³-hybridized carbons (Fsp3) is 0.250. The van der Waals surface area contributed by atoms with E-state index in [1.165, 1.54) is 0 Å². The molecule has 0 radical (unpaired) electrons. The van der Waals surface area contributed by atoms with Gasteiger partial charge in [-0.05, 0) is 47.5 Å². The quantitative estimate of drug-likeness (QED) is 0.672. The van der Waals surface area contributed by atoms with E-state index in [2.05, 4.69) is 26.0 Å². The van der Waals surface area contributed by atoms with E-state index in [1.54, 1.807) is 6.20 Å². The lowest BCUT2D eigenvalue weighted by atomic mass is 10.2. The second-order valence-electron chi connectivity index (χ2n) is 4.11. The summed E-state index contributed by atoms with van der Waals surface area (Å²) in [6, 6.07) is 3.71. The number of nitrogens with two attached hydrogens (primary N) is 1. The Morgan fingerprint density at radius 3 is 2.78 bits per heavy atom. The third kappa shape index (κ3) is 2.43. The van der Waals surface area contributed by atoms with Gasteiger partial charge in [0.1, 0.15) is 11.5 Å². The van der Waals surface area contributed by atoms with Crippen LogP contribution in [0.5, 0.6) is 0 Å². The lowest BCUT2D eigenvalue weighted by molar-refractivity contribution is 0.658. The number of pyridine rings is 1. The number of nitrogens with one attached hydrogen (secondary N) is 1. The molecular weight excluding hydrogens is 294 g/mol. The molecule has 0 aliphatic carbocycles. The molecule has 0 aromatic carbocycles. The van der Waals surface area contributed by atoms with Crippen LogP contribution < -0.4 is 5.73 Å². The van der Waals surface area contributed by atoms with Gasteiger partial charge in [-0.2, -0.15) is 5.10 Å². The van der Waals surface area contributed by atoms with E-state index < -0.39 is 0 Å². The Labute approximate surface area is 114 Å². The molecule has 0 saturated heterocycles. The molecule has 0 unspecified atom stereocenters. The number of aromatic nitrogens is 3. The Balaban J connectivity index is 2.31.